The topological polar surface area (TPSA) is 120 Å². The summed E-state index contributed by atoms with van der Waals surface area (Å²) in [4.78, 5) is 35.4. The lowest BCUT2D eigenvalue weighted by molar-refractivity contribution is -0.139. The Morgan fingerprint density at radius 2 is 2.09 bits per heavy atom. The van der Waals surface area contributed by atoms with Gasteiger partial charge in [-0.1, -0.05) is 5.16 Å². The standard InChI is InChI=1S/C14H17N3O6/c1-4-21-13(19)11-8(3)15-14(20)16-9(11)6-22-12(18)10-5-7(2)17-23-10/h5,8H,4,6H2,1-3H3,(H2,15,16,20)/t8-/m1/s1. The van der Waals surface area contributed by atoms with Crippen LogP contribution >= 0.6 is 0 Å². The second-order valence-corrected chi connectivity index (χ2v) is 4.84. The summed E-state index contributed by atoms with van der Waals surface area (Å²) in [6.45, 7) is 4.85. The number of carbonyl (C=O) groups excluding carboxylic acids is 3. The molecule has 2 rings (SSSR count). The lowest BCUT2D eigenvalue weighted by atomic mass is 10.0. The van der Waals surface area contributed by atoms with Gasteiger partial charge in [0.25, 0.3) is 0 Å². The van der Waals surface area contributed by atoms with Gasteiger partial charge in [-0.15, -0.1) is 0 Å². The van der Waals surface area contributed by atoms with Crippen molar-refractivity contribution >= 4 is 18.0 Å². The van der Waals surface area contributed by atoms with Crippen LogP contribution in [0.2, 0.25) is 0 Å². The van der Waals surface area contributed by atoms with Gasteiger partial charge in [0, 0.05) is 6.07 Å². The highest BCUT2D eigenvalue weighted by atomic mass is 16.6. The van der Waals surface area contributed by atoms with Crippen LogP contribution in [0.15, 0.2) is 21.9 Å². The van der Waals surface area contributed by atoms with Crippen molar-refractivity contribution in [2.75, 3.05) is 13.2 Å². The molecule has 0 aromatic carbocycles. The summed E-state index contributed by atoms with van der Waals surface area (Å²) < 4.78 is 14.8. The molecule has 0 radical (unpaired) electrons. The van der Waals surface area contributed by atoms with Gasteiger partial charge in [-0.25, -0.2) is 14.4 Å². The molecule has 0 saturated heterocycles. The van der Waals surface area contributed by atoms with Gasteiger partial charge in [0.05, 0.1) is 29.6 Å². The number of hydrogen-bond donors (Lipinski definition) is 2. The molecule has 9 heteroatoms. The Bertz CT molecular complexity index is 663. The minimum absolute atomic E-state index is 0.0610. The van der Waals surface area contributed by atoms with Crippen molar-refractivity contribution in [2.24, 2.45) is 0 Å². The van der Waals surface area contributed by atoms with Crippen LogP contribution in [0.25, 0.3) is 0 Å². The molecule has 9 nitrogen and oxygen atoms in total. The quantitative estimate of drug-likeness (QED) is 0.764. The van der Waals surface area contributed by atoms with Crippen LogP contribution in [-0.2, 0) is 14.3 Å². The Hall–Kier alpha value is -2.84. The molecule has 0 unspecified atom stereocenters. The predicted octanol–water partition coefficient (Wildman–Crippen LogP) is 0.658. The van der Waals surface area contributed by atoms with Gasteiger partial charge in [-0.2, -0.15) is 0 Å². The highest BCUT2D eigenvalue weighted by molar-refractivity contribution is 5.95. The minimum Gasteiger partial charge on any atom is -0.463 e. The van der Waals surface area contributed by atoms with Crippen molar-refractivity contribution in [3.63, 3.8) is 0 Å². The van der Waals surface area contributed by atoms with E-state index in [4.69, 9.17) is 14.0 Å². The fourth-order valence-corrected chi connectivity index (χ4v) is 2.06. The zero-order valence-electron chi connectivity index (χ0n) is 13.0. The largest absolute Gasteiger partial charge is 0.463 e. The maximum atomic E-state index is 12.0. The summed E-state index contributed by atoms with van der Waals surface area (Å²) in [5.41, 5.74) is 0.907. The summed E-state index contributed by atoms with van der Waals surface area (Å²) in [7, 11) is 0. The molecule has 1 atom stereocenters. The molecular weight excluding hydrogens is 306 g/mol. The summed E-state index contributed by atoms with van der Waals surface area (Å²) in [6.07, 6.45) is 0. The zero-order valence-corrected chi connectivity index (χ0v) is 13.0. The third-order valence-corrected chi connectivity index (χ3v) is 3.04. The molecular formula is C14H17N3O6. The third-order valence-electron chi connectivity index (χ3n) is 3.04. The average molecular weight is 323 g/mol. The van der Waals surface area contributed by atoms with E-state index in [-0.39, 0.29) is 30.2 Å². The fraction of sp³-hybridized carbons (Fsp3) is 0.429. The van der Waals surface area contributed by atoms with Crippen LogP contribution < -0.4 is 10.6 Å². The maximum absolute atomic E-state index is 12.0. The van der Waals surface area contributed by atoms with E-state index in [1.54, 1.807) is 20.8 Å². The number of nitrogens with one attached hydrogen (secondary N) is 2. The van der Waals surface area contributed by atoms with Gasteiger partial charge in [0.1, 0.15) is 6.61 Å². The molecule has 1 aromatic rings. The van der Waals surface area contributed by atoms with E-state index in [1.165, 1.54) is 6.07 Å². The Kier molecular flexibility index (Phi) is 4.99. The molecule has 1 aromatic heterocycles. The number of amides is 2. The minimum atomic E-state index is -0.748. The smallest absolute Gasteiger partial charge is 0.377 e. The van der Waals surface area contributed by atoms with Crippen molar-refractivity contribution in [3.05, 3.63) is 28.8 Å². The van der Waals surface area contributed by atoms with Crippen molar-refractivity contribution < 1.29 is 28.4 Å². The van der Waals surface area contributed by atoms with Crippen LogP contribution in [0, 0.1) is 6.92 Å². The molecule has 124 valence electrons. The van der Waals surface area contributed by atoms with Gasteiger partial charge in [-0.05, 0) is 20.8 Å². The Morgan fingerprint density at radius 3 is 2.70 bits per heavy atom. The van der Waals surface area contributed by atoms with Gasteiger partial charge < -0.3 is 24.6 Å². The Balaban J connectivity index is 2.15. The molecule has 0 bridgehead atoms. The number of nitrogens with zero attached hydrogens (tertiary/aromatic N) is 1. The SMILES string of the molecule is CCOC(=O)C1=C(COC(=O)c2cc(C)no2)NC(=O)N[C@@H]1C. The first-order valence-corrected chi connectivity index (χ1v) is 7.00. The van der Waals surface area contributed by atoms with Crippen LogP contribution in [0.4, 0.5) is 4.79 Å². The first kappa shape index (κ1) is 16.5. The fourth-order valence-electron chi connectivity index (χ4n) is 2.06. The summed E-state index contributed by atoms with van der Waals surface area (Å²) in [5, 5.41) is 8.58. The lowest BCUT2D eigenvalue weighted by Crippen LogP contribution is -2.50. The van der Waals surface area contributed by atoms with Gasteiger partial charge in [-0.3, -0.25) is 0 Å². The van der Waals surface area contributed by atoms with Crippen LogP contribution in [0.1, 0.15) is 30.1 Å². The Labute approximate surface area is 132 Å². The van der Waals surface area contributed by atoms with E-state index in [2.05, 4.69) is 15.8 Å². The number of carbonyl (C=O) groups is 3. The summed E-state index contributed by atoms with van der Waals surface area (Å²) in [5.74, 6) is -1.40. The van der Waals surface area contributed by atoms with E-state index >= 15 is 0 Å². The average Bonchev–Trinajstić information content (AvgIpc) is 2.91. The molecule has 2 heterocycles. The number of aromatic nitrogens is 1. The van der Waals surface area contributed by atoms with Crippen LogP contribution in [0.5, 0.6) is 0 Å². The second-order valence-electron chi connectivity index (χ2n) is 4.84. The maximum Gasteiger partial charge on any atom is 0.377 e. The summed E-state index contributed by atoms with van der Waals surface area (Å²) >= 11 is 0. The number of ether oxygens (including phenoxy) is 2. The zero-order chi connectivity index (χ0) is 17.0. The first-order valence-electron chi connectivity index (χ1n) is 7.00. The van der Waals surface area contributed by atoms with E-state index in [0.717, 1.165) is 0 Å². The van der Waals surface area contributed by atoms with Gasteiger partial charge in [0.15, 0.2) is 0 Å². The van der Waals surface area contributed by atoms with E-state index in [9.17, 15) is 14.4 Å². The van der Waals surface area contributed by atoms with Crippen molar-refractivity contribution in [1.29, 1.82) is 0 Å². The molecule has 23 heavy (non-hydrogen) atoms. The van der Waals surface area contributed by atoms with Crippen LogP contribution in [0.3, 0.4) is 0 Å². The van der Waals surface area contributed by atoms with Crippen LogP contribution in [-0.4, -0.2) is 42.4 Å². The number of aryl methyl sites for hydroxylation is 1. The highest BCUT2D eigenvalue weighted by Crippen LogP contribution is 2.15. The van der Waals surface area contributed by atoms with Crippen molar-refractivity contribution in [1.82, 2.24) is 15.8 Å². The molecule has 0 aliphatic carbocycles. The van der Waals surface area contributed by atoms with E-state index < -0.39 is 24.0 Å². The van der Waals surface area contributed by atoms with E-state index in [1.807, 2.05) is 0 Å². The lowest BCUT2D eigenvalue weighted by Gasteiger charge is -2.26. The predicted molar refractivity (Wildman–Crippen MR) is 76.3 cm³/mol. The number of urea groups is 1. The molecule has 2 N–H and O–H groups in total. The normalized spacial score (nSPS) is 17.3. The van der Waals surface area contributed by atoms with Crippen molar-refractivity contribution in [3.8, 4) is 0 Å². The molecule has 0 spiro atoms. The number of rotatable bonds is 5. The Morgan fingerprint density at radius 1 is 1.35 bits per heavy atom. The van der Waals surface area contributed by atoms with Crippen molar-refractivity contribution in [2.45, 2.75) is 26.8 Å². The number of esters is 2. The molecule has 1 aliphatic heterocycles. The molecule has 1 aliphatic rings. The third kappa shape index (κ3) is 3.87. The molecule has 2 amide bonds. The molecule has 0 fully saturated rings. The number of hydrogen-bond acceptors (Lipinski definition) is 7. The summed E-state index contributed by atoms with van der Waals surface area (Å²) in [6, 6.07) is 0.364. The molecule has 0 saturated carbocycles. The second kappa shape index (κ2) is 6.95. The monoisotopic (exact) mass is 323 g/mol. The highest BCUT2D eigenvalue weighted by Gasteiger charge is 2.30. The van der Waals surface area contributed by atoms with Gasteiger partial charge >= 0.3 is 18.0 Å². The van der Waals surface area contributed by atoms with E-state index in [0.29, 0.717) is 5.69 Å². The van der Waals surface area contributed by atoms with Gasteiger partial charge in [0.2, 0.25) is 5.76 Å². The first-order chi connectivity index (χ1) is 10.9.